The number of carbonyl (C=O) groups excluding carboxylic acids is 1. The number of ether oxygens (including phenoxy) is 2. The quantitative estimate of drug-likeness (QED) is 0.824. The number of benzene rings is 1. The van der Waals surface area contributed by atoms with Gasteiger partial charge >= 0.3 is 5.97 Å². The Morgan fingerprint density at radius 3 is 2.84 bits per heavy atom. The summed E-state index contributed by atoms with van der Waals surface area (Å²) in [5, 5.41) is 3.46. The summed E-state index contributed by atoms with van der Waals surface area (Å²) in [6.45, 7) is 5.33. The molecular formula is C15H21NO3. The molecule has 0 amide bonds. The Morgan fingerprint density at radius 2 is 2.16 bits per heavy atom. The lowest BCUT2D eigenvalue weighted by Gasteiger charge is -2.22. The zero-order valence-corrected chi connectivity index (χ0v) is 11.5. The standard InChI is InChI=1S/C15H21NO3/c1-3-19-15(17)13-9-18-10-14(13)16-11(2)12-7-5-4-6-8-12/h4-8,11,13-14,16H,3,9-10H2,1-2H3/t11-,13-,14-/m0/s1. The first-order valence-corrected chi connectivity index (χ1v) is 6.77. The van der Waals surface area contributed by atoms with E-state index < -0.39 is 0 Å². The molecule has 1 aliphatic heterocycles. The van der Waals surface area contributed by atoms with Gasteiger partial charge in [0, 0.05) is 12.1 Å². The summed E-state index contributed by atoms with van der Waals surface area (Å²) >= 11 is 0. The number of esters is 1. The minimum Gasteiger partial charge on any atom is -0.466 e. The first-order valence-electron chi connectivity index (χ1n) is 6.77. The lowest BCUT2D eigenvalue weighted by atomic mass is 10.0. The molecule has 104 valence electrons. The third kappa shape index (κ3) is 3.55. The molecule has 0 saturated carbocycles. The third-order valence-corrected chi connectivity index (χ3v) is 3.43. The van der Waals surface area contributed by atoms with Crippen LogP contribution in [-0.4, -0.2) is 31.8 Å². The van der Waals surface area contributed by atoms with Crippen LogP contribution in [-0.2, 0) is 14.3 Å². The Bertz CT molecular complexity index is 407. The Labute approximate surface area is 114 Å². The van der Waals surface area contributed by atoms with Crippen LogP contribution in [0.5, 0.6) is 0 Å². The second-order valence-electron chi connectivity index (χ2n) is 4.80. The lowest BCUT2D eigenvalue weighted by molar-refractivity contribution is -0.148. The van der Waals surface area contributed by atoms with E-state index in [9.17, 15) is 4.79 Å². The van der Waals surface area contributed by atoms with Crippen LogP contribution >= 0.6 is 0 Å². The zero-order chi connectivity index (χ0) is 13.7. The Kier molecular flexibility index (Phi) is 4.93. The van der Waals surface area contributed by atoms with E-state index in [1.807, 2.05) is 25.1 Å². The largest absolute Gasteiger partial charge is 0.466 e. The van der Waals surface area contributed by atoms with E-state index in [4.69, 9.17) is 9.47 Å². The molecule has 1 aromatic rings. The lowest BCUT2D eigenvalue weighted by Crippen LogP contribution is -2.41. The maximum Gasteiger partial charge on any atom is 0.312 e. The molecule has 3 atom stereocenters. The maximum atomic E-state index is 11.8. The van der Waals surface area contributed by atoms with Crippen LogP contribution in [0, 0.1) is 5.92 Å². The molecule has 1 aliphatic rings. The van der Waals surface area contributed by atoms with E-state index >= 15 is 0 Å². The molecule has 0 aromatic heterocycles. The van der Waals surface area contributed by atoms with Crippen molar-refractivity contribution in [3.05, 3.63) is 35.9 Å². The predicted octanol–water partition coefficient (Wildman–Crippen LogP) is 1.92. The SMILES string of the molecule is CCOC(=O)[C@H]1COC[C@@H]1N[C@@H](C)c1ccccc1. The van der Waals surface area contributed by atoms with Crippen LogP contribution in [0.4, 0.5) is 0 Å². The van der Waals surface area contributed by atoms with Crippen molar-refractivity contribution in [2.24, 2.45) is 5.92 Å². The maximum absolute atomic E-state index is 11.8. The molecule has 1 fully saturated rings. The van der Waals surface area contributed by atoms with Crippen molar-refractivity contribution in [1.82, 2.24) is 5.32 Å². The Balaban J connectivity index is 1.96. The van der Waals surface area contributed by atoms with Crippen LogP contribution in [0.15, 0.2) is 30.3 Å². The van der Waals surface area contributed by atoms with Gasteiger partial charge in [0.05, 0.1) is 25.7 Å². The number of carbonyl (C=O) groups is 1. The second kappa shape index (κ2) is 6.68. The molecule has 2 rings (SSSR count). The summed E-state index contributed by atoms with van der Waals surface area (Å²) in [4.78, 5) is 11.8. The molecular weight excluding hydrogens is 242 g/mol. The van der Waals surface area contributed by atoms with Crippen LogP contribution in [0.1, 0.15) is 25.5 Å². The van der Waals surface area contributed by atoms with Gasteiger partial charge in [-0.25, -0.2) is 0 Å². The molecule has 0 radical (unpaired) electrons. The summed E-state index contributed by atoms with van der Waals surface area (Å²) in [7, 11) is 0. The number of hydrogen-bond donors (Lipinski definition) is 1. The summed E-state index contributed by atoms with van der Waals surface area (Å²) in [6, 6.07) is 10.4. The van der Waals surface area contributed by atoms with Gasteiger partial charge in [0.2, 0.25) is 0 Å². The summed E-state index contributed by atoms with van der Waals surface area (Å²) in [6.07, 6.45) is 0. The fraction of sp³-hybridized carbons (Fsp3) is 0.533. The third-order valence-electron chi connectivity index (χ3n) is 3.43. The van der Waals surface area contributed by atoms with Crippen molar-refractivity contribution >= 4 is 5.97 Å². The van der Waals surface area contributed by atoms with E-state index in [1.165, 1.54) is 5.56 Å². The smallest absolute Gasteiger partial charge is 0.312 e. The van der Waals surface area contributed by atoms with Crippen molar-refractivity contribution in [3.63, 3.8) is 0 Å². The van der Waals surface area contributed by atoms with Crippen molar-refractivity contribution < 1.29 is 14.3 Å². The highest BCUT2D eigenvalue weighted by Gasteiger charge is 2.35. The first kappa shape index (κ1) is 14.0. The number of nitrogens with one attached hydrogen (secondary N) is 1. The molecule has 1 saturated heterocycles. The van der Waals surface area contributed by atoms with Crippen molar-refractivity contribution in [2.75, 3.05) is 19.8 Å². The van der Waals surface area contributed by atoms with Gasteiger partial charge < -0.3 is 14.8 Å². The van der Waals surface area contributed by atoms with Gasteiger partial charge in [-0.3, -0.25) is 4.79 Å². The van der Waals surface area contributed by atoms with Crippen molar-refractivity contribution in [1.29, 1.82) is 0 Å². The van der Waals surface area contributed by atoms with E-state index in [2.05, 4.69) is 24.4 Å². The van der Waals surface area contributed by atoms with Gasteiger partial charge in [-0.2, -0.15) is 0 Å². The van der Waals surface area contributed by atoms with Gasteiger partial charge in [-0.15, -0.1) is 0 Å². The molecule has 1 heterocycles. The molecule has 0 aliphatic carbocycles. The zero-order valence-electron chi connectivity index (χ0n) is 11.5. The van der Waals surface area contributed by atoms with E-state index in [-0.39, 0.29) is 24.0 Å². The number of hydrogen-bond acceptors (Lipinski definition) is 4. The Morgan fingerprint density at radius 1 is 1.42 bits per heavy atom. The predicted molar refractivity (Wildman–Crippen MR) is 72.7 cm³/mol. The molecule has 19 heavy (non-hydrogen) atoms. The summed E-state index contributed by atoms with van der Waals surface area (Å²) in [5.74, 6) is -0.371. The fourth-order valence-electron chi connectivity index (χ4n) is 2.36. The topological polar surface area (TPSA) is 47.6 Å². The van der Waals surface area contributed by atoms with E-state index in [1.54, 1.807) is 0 Å². The minimum absolute atomic E-state index is 0.0225. The van der Waals surface area contributed by atoms with Gasteiger partial charge in [-0.05, 0) is 19.4 Å². The molecule has 1 N–H and O–H groups in total. The van der Waals surface area contributed by atoms with Crippen molar-refractivity contribution in [3.8, 4) is 0 Å². The monoisotopic (exact) mass is 263 g/mol. The second-order valence-corrected chi connectivity index (χ2v) is 4.80. The fourth-order valence-corrected chi connectivity index (χ4v) is 2.36. The van der Waals surface area contributed by atoms with Gasteiger partial charge in [0.1, 0.15) is 0 Å². The van der Waals surface area contributed by atoms with Gasteiger partial charge in [-0.1, -0.05) is 30.3 Å². The van der Waals surface area contributed by atoms with E-state index in [0.717, 1.165) is 0 Å². The highest BCUT2D eigenvalue weighted by molar-refractivity contribution is 5.73. The van der Waals surface area contributed by atoms with Crippen LogP contribution in [0.3, 0.4) is 0 Å². The molecule has 4 nitrogen and oxygen atoms in total. The van der Waals surface area contributed by atoms with E-state index in [0.29, 0.717) is 19.8 Å². The molecule has 1 aromatic carbocycles. The van der Waals surface area contributed by atoms with Crippen LogP contribution in [0.25, 0.3) is 0 Å². The molecule has 4 heteroatoms. The highest BCUT2D eigenvalue weighted by Crippen LogP contribution is 2.20. The molecule has 0 unspecified atom stereocenters. The summed E-state index contributed by atoms with van der Waals surface area (Å²) < 4.78 is 10.5. The number of rotatable bonds is 5. The summed E-state index contributed by atoms with van der Waals surface area (Å²) in [5.41, 5.74) is 1.21. The van der Waals surface area contributed by atoms with Crippen molar-refractivity contribution in [2.45, 2.75) is 25.9 Å². The average Bonchev–Trinajstić information content (AvgIpc) is 2.88. The van der Waals surface area contributed by atoms with Crippen LogP contribution in [0.2, 0.25) is 0 Å². The first-order chi connectivity index (χ1) is 9.22. The van der Waals surface area contributed by atoms with Gasteiger partial charge in [0.25, 0.3) is 0 Å². The highest BCUT2D eigenvalue weighted by atomic mass is 16.5. The van der Waals surface area contributed by atoms with Gasteiger partial charge in [0.15, 0.2) is 0 Å². The molecule has 0 spiro atoms. The normalized spacial score (nSPS) is 24.1. The molecule has 0 bridgehead atoms. The minimum atomic E-state index is -0.203. The average molecular weight is 263 g/mol. The van der Waals surface area contributed by atoms with Crippen LogP contribution < -0.4 is 5.32 Å². The Hall–Kier alpha value is -1.39.